The highest BCUT2D eigenvalue weighted by Crippen LogP contribution is 2.28. The molecule has 1 saturated heterocycles. The molecule has 3 unspecified atom stereocenters. The molecule has 1 aromatic carbocycles. The van der Waals surface area contributed by atoms with Crippen molar-refractivity contribution in [3.8, 4) is 0 Å². The maximum absolute atomic E-state index is 3.71. The molecule has 1 aliphatic heterocycles. The van der Waals surface area contributed by atoms with Crippen molar-refractivity contribution in [2.75, 3.05) is 19.6 Å². The largest absolute Gasteiger partial charge is 0.311 e. The molecule has 1 aromatic rings. The van der Waals surface area contributed by atoms with Crippen LogP contribution in [0.25, 0.3) is 0 Å². The Hall–Kier alpha value is -0.860. The summed E-state index contributed by atoms with van der Waals surface area (Å²) < 4.78 is 0. The predicted molar refractivity (Wildman–Crippen MR) is 84.9 cm³/mol. The first-order valence-electron chi connectivity index (χ1n) is 8.32. The van der Waals surface area contributed by atoms with Gasteiger partial charge in [-0.05, 0) is 30.7 Å². The van der Waals surface area contributed by atoms with Crippen molar-refractivity contribution >= 4 is 0 Å². The Kier molecular flexibility index (Phi) is 4.74. The van der Waals surface area contributed by atoms with Gasteiger partial charge in [-0.25, -0.2) is 0 Å². The normalized spacial score (nSPS) is 32.1. The zero-order chi connectivity index (χ0) is 13.8. The highest BCUT2D eigenvalue weighted by Gasteiger charge is 2.28. The summed E-state index contributed by atoms with van der Waals surface area (Å²) in [7, 11) is 0. The summed E-state index contributed by atoms with van der Waals surface area (Å²) in [5.74, 6) is 0.927. The highest BCUT2D eigenvalue weighted by molar-refractivity contribution is 5.16. The molecule has 2 nitrogen and oxygen atoms in total. The fourth-order valence-electron chi connectivity index (χ4n) is 3.95. The van der Waals surface area contributed by atoms with Crippen LogP contribution in [0.15, 0.2) is 30.3 Å². The Morgan fingerprint density at radius 2 is 2.05 bits per heavy atom. The van der Waals surface area contributed by atoms with Crippen molar-refractivity contribution in [3.05, 3.63) is 35.9 Å². The minimum absolute atomic E-state index is 0.628. The Labute approximate surface area is 123 Å². The molecule has 0 amide bonds. The monoisotopic (exact) mass is 272 g/mol. The van der Waals surface area contributed by atoms with Gasteiger partial charge in [0.15, 0.2) is 0 Å². The number of rotatable bonds is 3. The summed E-state index contributed by atoms with van der Waals surface area (Å²) in [5.41, 5.74) is 1.46. The van der Waals surface area contributed by atoms with Gasteiger partial charge in [-0.2, -0.15) is 0 Å². The Morgan fingerprint density at radius 3 is 2.85 bits per heavy atom. The third-order valence-corrected chi connectivity index (χ3v) is 5.04. The smallest absolute Gasteiger partial charge is 0.0236 e. The number of hydrogen-bond acceptors (Lipinski definition) is 2. The molecular formula is C18H28N2. The van der Waals surface area contributed by atoms with Crippen LogP contribution in [0, 0.1) is 5.92 Å². The summed E-state index contributed by atoms with van der Waals surface area (Å²) >= 11 is 0. The van der Waals surface area contributed by atoms with Crippen LogP contribution < -0.4 is 5.32 Å². The lowest BCUT2D eigenvalue weighted by molar-refractivity contribution is 0.0999. The Balaban J connectivity index is 1.56. The molecule has 0 spiro atoms. The van der Waals surface area contributed by atoms with Crippen LogP contribution >= 0.6 is 0 Å². The second kappa shape index (κ2) is 6.73. The van der Waals surface area contributed by atoms with Crippen LogP contribution in [0.4, 0.5) is 0 Å². The van der Waals surface area contributed by atoms with Crippen LogP contribution in [0.2, 0.25) is 0 Å². The molecule has 2 heteroatoms. The van der Waals surface area contributed by atoms with E-state index < -0.39 is 0 Å². The van der Waals surface area contributed by atoms with E-state index in [1.807, 2.05) is 0 Å². The van der Waals surface area contributed by atoms with E-state index in [2.05, 4.69) is 47.5 Å². The Bertz CT molecular complexity index is 403. The molecule has 20 heavy (non-hydrogen) atoms. The first-order chi connectivity index (χ1) is 9.81. The SMILES string of the molecule is CC1CCCC(N2CCNC(Cc3ccccc3)C2)C1. The minimum Gasteiger partial charge on any atom is -0.311 e. The first-order valence-corrected chi connectivity index (χ1v) is 8.32. The first kappa shape index (κ1) is 14.1. The second-order valence-corrected chi connectivity index (χ2v) is 6.76. The fourth-order valence-corrected chi connectivity index (χ4v) is 3.95. The van der Waals surface area contributed by atoms with Gasteiger partial charge in [-0.3, -0.25) is 4.90 Å². The third-order valence-electron chi connectivity index (χ3n) is 5.04. The quantitative estimate of drug-likeness (QED) is 0.909. The van der Waals surface area contributed by atoms with Crippen LogP contribution in [0.5, 0.6) is 0 Å². The summed E-state index contributed by atoms with van der Waals surface area (Å²) in [6.45, 7) is 6.05. The predicted octanol–water partition coefficient (Wildman–Crippen LogP) is 3.08. The van der Waals surface area contributed by atoms with Gasteiger partial charge in [-0.15, -0.1) is 0 Å². The Morgan fingerprint density at radius 1 is 1.20 bits per heavy atom. The van der Waals surface area contributed by atoms with E-state index >= 15 is 0 Å². The van der Waals surface area contributed by atoms with E-state index in [4.69, 9.17) is 0 Å². The zero-order valence-electron chi connectivity index (χ0n) is 12.7. The van der Waals surface area contributed by atoms with Gasteiger partial charge in [0.05, 0.1) is 0 Å². The molecule has 1 saturated carbocycles. The average molecular weight is 272 g/mol. The topological polar surface area (TPSA) is 15.3 Å². The van der Waals surface area contributed by atoms with Crippen LogP contribution in [0.3, 0.4) is 0 Å². The van der Waals surface area contributed by atoms with Gasteiger partial charge in [0.1, 0.15) is 0 Å². The van der Waals surface area contributed by atoms with Crippen molar-refractivity contribution in [1.29, 1.82) is 0 Å². The van der Waals surface area contributed by atoms with E-state index in [9.17, 15) is 0 Å². The van der Waals surface area contributed by atoms with E-state index in [1.165, 1.54) is 50.8 Å². The molecule has 0 bridgehead atoms. The number of nitrogens with one attached hydrogen (secondary N) is 1. The number of piperazine rings is 1. The van der Waals surface area contributed by atoms with Gasteiger partial charge >= 0.3 is 0 Å². The maximum Gasteiger partial charge on any atom is 0.0236 e. The van der Waals surface area contributed by atoms with Crippen molar-refractivity contribution in [1.82, 2.24) is 10.2 Å². The molecule has 0 aromatic heterocycles. The molecular weight excluding hydrogens is 244 g/mol. The van der Waals surface area contributed by atoms with E-state index in [1.54, 1.807) is 0 Å². The van der Waals surface area contributed by atoms with Gasteiger partial charge in [0.25, 0.3) is 0 Å². The van der Waals surface area contributed by atoms with Crippen LogP contribution in [-0.4, -0.2) is 36.6 Å². The molecule has 1 heterocycles. The summed E-state index contributed by atoms with van der Waals surface area (Å²) in [6.07, 6.45) is 6.87. The molecule has 110 valence electrons. The van der Waals surface area contributed by atoms with Crippen molar-refractivity contribution in [2.45, 2.75) is 51.1 Å². The summed E-state index contributed by atoms with van der Waals surface area (Å²) in [5, 5.41) is 3.71. The molecule has 1 N–H and O–H groups in total. The molecule has 0 radical (unpaired) electrons. The van der Waals surface area contributed by atoms with Crippen molar-refractivity contribution in [3.63, 3.8) is 0 Å². The minimum atomic E-state index is 0.628. The van der Waals surface area contributed by atoms with E-state index in [0.29, 0.717) is 6.04 Å². The van der Waals surface area contributed by atoms with Crippen LogP contribution in [0.1, 0.15) is 38.2 Å². The number of nitrogens with zero attached hydrogens (tertiary/aromatic N) is 1. The molecule has 3 rings (SSSR count). The third kappa shape index (κ3) is 3.62. The highest BCUT2D eigenvalue weighted by atomic mass is 15.2. The lowest BCUT2D eigenvalue weighted by Gasteiger charge is -2.42. The van der Waals surface area contributed by atoms with Crippen molar-refractivity contribution < 1.29 is 0 Å². The second-order valence-electron chi connectivity index (χ2n) is 6.76. The molecule has 1 aliphatic carbocycles. The van der Waals surface area contributed by atoms with Gasteiger partial charge in [-0.1, -0.05) is 50.1 Å². The van der Waals surface area contributed by atoms with Crippen molar-refractivity contribution in [2.24, 2.45) is 5.92 Å². The zero-order valence-corrected chi connectivity index (χ0v) is 12.7. The fraction of sp³-hybridized carbons (Fsp3) is 0.667. The molecule has 2 aliphatic rings. The summed E-state index contributed by atoms with van der Waals surface area (Å²) in [4.78, 5) is 2.76. The number of hydrogen-bond donors (Lipinski definition) is 1. The summed E-state index contributed by atoms with van der Waals surface area (Å²) in [6, 6.07) is 12.4. The molecule has 2 fully saturated rings. The standard InChI is InChI=1S/C18H28N2/c1-15-6-5-9-18(12-15)20-11-10-19-17(14-20)13-16-7-3-2-4-8-16/h2-4,7-8,15,17-19H,5-6,9-14H2,1H3. The van der Waals surface area contributed by atoms with Gasteiger partial charge in [0.2, 0.25) is 0 Å². The molecule has 3 atom stereocenters. The lowest BCUT2D eigenvalue weighted by atomic mass is 9.85. The van der Waals surface area contributed by atoms with E-state index in [-0.39, 0.29) is 0 Å². The lowest BCUT2D eigenvalue weighted by Crippen LogP contribution is -2.55. The number of benzene rings is 1. The van der Waals surface area contributed by atoms with Gasteiger partial charge in [0, 0.05) is 31.7 Å². The van der Waals surface area contributed by atoms with E-state index in [0.717, 1.165) is 18.5 Å². The average Bonchev–Trinajstić information content (AvgIpc) is 2.49. The van der Waals surface area contributed by atoms with Crippen LogP contribution in [-0.2, 0) is 6.42 Å². The maximum atomic E-state index is 3.71. The van der Waals surface area contributed by atoms with Gasteiger partial charge < -0.3 is 5.32 Å².